The number of para-hydroxylation sites is 1. The first-order chi connectivity index (χ1) is 13.7. The summed E-state index contributed by atoms with van der Waals surface area (Å²) in [6.45, 7) is -0.823. The number of amides is 2. The SMILES string of the molecule is N[C@@H](Cc1c[nH]c2ccccc12)C(=O)N[C@@H](CO)C(=O)N[C@@H](CC(=O)O)C(=O)O. The Balaban J connectivity index is 1.99. The molecule has 2 rings (SSSR count). The first-order valence-corrected chi connectivity index (χ1v) is 8.69. The van der Waals surface area contributed by atoms with Gasteiger partial charge in [0.05, 0.1) is 19.1 Å². The van der Waals surface area contributed by atoms with Crippen LogP contribution in [0.2, 0.25) is 0 Å². The van der Waals surface area contributed by atoms with Crippen molar-refractivity contribution >= 4 is 34.7 Å². The van der Waals surface area contributed by atoms with Gasteiger partial charge in [-0.15, -0.1) is 0 Å². The number of nitrogens with one attached hydrogen (secondary N) is 3. The number of fused-ring (bicyclic) bond motifs is 1. The van der Waals surface area contributed by atoms with Gasteiger partial charge in [0.2, 0.25) is 11.8 Å². The second kappa shape index (κ2) is 9.66. The average Bonchev–Trinajstić information content (AvgIpc) is 3.07. The van der Waals surface area contributed by atoms with E-state index in [2.05, 4.69) is 10.3 Å². The van der Waals surface area contributed by atoms with Gasteiger partial charge in [-0.25, -0.2) is 4.79 Å². The monoisotopic (exact) mass is 406 g/mol. The van der Waals surface area contributed by atoms with Crippen molar-refractivity contribution in [1.82, 2.24) is 15.6 Å². The van der Waals surface area contributed by atoms with E-state index in [0.717, 1.165) is 16.5 Å². The van der Waals surface area contributed by atoms with E-state index < -0.39 is 54.9 Å². The van der Waals surface area contributed by atoms with E-state index in [1.807, 2.05) is 29.6 Å². The molecule has 2 amide bonds. The molecule has 8 N–H and O–H groups in total. The highest BCUT2D eigenvalue weighted by Gasteiger charge is 2.29. The Morgan fingerprint density at radius 3 is 2.31 bits per heavy atom. The molecule has 0 aliphatic carbocycles. The molecule has 0 spiro atoms. The lowest BCUT2D eigenvalue weighted by molar-refractivity contribution is -0.147. The lowest BCUT2D eigenvalue weighted by Gasteiger charge is -2.21. The molecule has 11 heteroatoms. The number of aliphatic carboxylic acids is 2. The Morgan fingerprint density at radius 1 is 1.03 bits per heavy atom. The molecule has 29 heavy (non-hydrogen) atoms. The fraction of sp³-hybridized carbons (Fsp3) is 0.333. The molecule has 1 aromatic carbocycles. The highest BCUT2D eigenvalue weighted by molar-refractivity contribution is 5.93. The number of hydrogen-bond donors (Lipinski definition) is 7. The number of rotatable bonds is 10. The van der Waals surface area contributed by atoms with Crippen molar-refractivity contribution in [2.45, 2.75) is 31.0 Å². The van der Waals surface area contributed by atoms with E-state index in [4.69, 9.17) is 15.9 Å². The largest absolute Gasteiger partial charge is 0.481 e. The lowest BCUT2D eigenvalue weighted by atomic mass is 10.0. The summed E-state index contributed by atoms with van der Waals surface area (Å²) in [4.78, 5) is 49.3. The summed E-state index contributed by atoms with van der Waals surface area (Å²) in [5.41, 5.74) is 7.57. The van der Waals surface area contributed by atoms with Gasteiger partial charge in [0, 0.05) is 17.1 Å². The molecule has 1 aromatic heterocycles. The van der Waals surface area contributed by atoms with Crippen LogP contribution in [0.3, 0.4) is 0 Å². The van der Waals surface area contributed by atoms with Gasteiger partial charge in [0.25, 0.3) is 0 Å². The van der Waals surface area contributed by atoms with E-state index in [9.17, 15) is 24.3 Å². The molecule has 0 aliphatic heterocycles. The Hall–Kier alpha value is -3.44. The molecular formula is C18H22N4O7. The maximum absolute atomic E-state index is 12.3. The minimum Gasteiger partial charge on any atom is -0.481 e. The van der Waals surface area contributed by atoms with Crippen LogP contribution >= 0.6 is 0 Å². The summed E-state index contributed by atoms with van der Waals surface area (Å²) in [7, 11) is 0. The number of aromatic nitrogens is 1. The number of benzene rings is 1. The third kappa shape index (κ3) is 5.77. The molecular weight excluding hydrogens is 384 g/mol. The summed E-state index contributed by atoms with van der Waals surface area (Å²) >= 11 is 0. The maximum atomic E-state index is 12.3. The number of nitrogens with two attached hydrogens (primary N) is 1. The van der Waals surface area contributed by atoms with E-state index in [1.54, 1.807) is 6.20 Å². The van der Waals surface area contributed by atoms with Gasteiger partial charge in [-0.05, 0) is 18.1 Å². The van der Waals surface area contributed by atoms with Crippen LogP contribution in [0, 0.1) is 0 Å². The van der Waals surface area contributed by atoms with E-state index in [0.29, 0.717) is 0 Å². The summed E-state index contributed by atoms with van der Waals surface area (Å²) in [5.74, 6) is -4.74. The third-order valence-corrected chi connectivity index (χ3v) is 4.26. The molecule has 0 fully saturated rings. The lowest BCUT2D eigenvalue weighted by Crippen LogP contribution is -2.56. The normalized spacial score (nSPS) is 14.0. The van der Waals surface area contributed by atoms with Gasteiger partial charge in [-0.1, -0.05) is 18.2 Å². The Morgan fingerprint density at radius 2 is 1.69 bits per heavy atom. The first-order valence-electron chi connectivity index (χ1n) is 8.69. The Bertz CT molecular complexity index is 911. The van der Waals surface area contributed by atoms with Crippen LogP contribution in [-0.2, 0) is 25.6 Å². The van der Waals surface area contributed by atoms with Crippen LogP contribution in [-0.4, -0.2) is 68.8 Å². The van der Waals surface area contributed by atoms with Gasteiger partial charge in [0.1, 0.15) is 12.1 Å². The minimum absolute atomic E-state index is 0.159. The van der Waals surface area contributed by atoms with Gasteiger partial charge in [-0.3, -0.25) is 14.4 Å². The van der Waals surface area contributed by atoms with Crippen LogP contribution in [0.1, 0.15) is 12.0 Å². The predicted octanol–water partition coefficient (Wildman–Crippen LogP) is -1.44. The van der Waals surface area contributed by atoms with Gasteiger partial charge >= 0.3 is 11.9 Å². The van der Waals surface area contributed by atoms with E-state index in [-0.39, 0.29) is 6.42 Å². The van der Waals surface area contributed by atoms with Crippen molar-refractivity contribution < 1.29 is 34.5 Å². The number of carbonyl (C=O) groups is 4. The first kappa shape index (κ1) is 21.9. The van der Waals surface area contributed by atoms with E-state index in [1.165, 1.54) is 0 Å². The second-order valence-electron chi connectivity index (χ2n) is 6.41. The summed E-state index contributed by atoms with van der Waals surface area (Å²) < 4.78 is 0. The smallest absolute Gasteiger partial charge is 0.326 e. The zero-order chi connectivity index (χ0) is 21.6. The highest BCUT2D eigenvalue weighted by atomic mass is 16.4. The molecule has 0 unspecified atom stereocenters. The molecule has 1 heterocycles. The highest BCUT2D eigenvalue weighted by Crippen LogP contribution is 2.18. The molecule has 11 nitrogen and oxygen atoms in total. The molecule has 0 saturated heterocycles. The number of carbonyl (C=O) groups excluding carboxylic acids is 2. The molecule has 0 radical (unpaired) electrons. The Labute approximate surface area is 164 Å². The number of aliphatic hydroxyl groups excluding tert-OH is 1. The van der Waals surface area contributed by atoms with Crippen molar-refractivity contribution in [3.63, 3.8) is 0 Å². The molecule has 3 atom stereocenters. The Kier molecular flexibility index (Phi) is 7.28. The fourth-order valence-corrected chi connectivity index (χ4v) is 2.75. The number of carboxylic acids is 2. The van der Waals surface area contributed by atoms with Crippen molar-refractivity contribution in [3.8, 4) is 0 Å². The number of aliphatic hydroxyl groups is 1. The summed E-state index contributed by atoms with van der Waals surface area (Å²) in [5, 5.41) is 32.2. The van der Waals surface area contributed by atoms with Crippen molar-refractivity contribution in [3.05, 3.63) is 36.0 Å². The van der Waals surface area contributed by atoms with Gasteiger partial charge in [0.15, 0.2) is 0 Å². The van der Waals surface area contributed by atoms with Crippen molar-refractivity contribution in [1.29, 1.82) is 0 Å². The maximum Gasteiger partial charge on any atom is 0.326 e. The van der Waals surface area contributed by atoms with Crippen molar-refractivity contribution in [2.24, 2.45) is 5.73 Å². The number of aromatic amines is 1. The standard InChI is InChI=1S/C18H22N4O7/c19-11(5-9-7-20-12-4-2-1-3-10(9)12)16(26)22-14(8-23)17(27)21-13(18(28)29)6-15(24)25/h1-4,7,11,13-14,20,23H,5-6,8,19H2,(H,21,27)(H,22,26)(H,24,25)(H,28,29)/t11-,13-,14-/m0/s1. The predicted molar refractivity (Wildman–Crippen MR) is 101 cm³/mol. The van der Waals surface area contributed by atoms with Crippen LogP contribution in [0.5, 0.6) is 0 Å². The quantitative estimate of drug-likeness (QED) is 0.249. The zero-order valence-corrected chi connectivity index (χ0v) is 15.3. The third-order valence-electron chi connectivity index (χ3n) is 4.26. The topological polar surface area (TPSA) is 195 Å². The molecule has 156 valence electrons. The van der Waals surface area contributed by atoms with Crippen LogP contribution in [0.15, 0.2) is 30.5 Å². The van der Waals surface area contributed by atoms with Crippen molar-refractivity contribution in [2.75, 3.05) is 6.61 Å². The van der Waals surface area contributed by atoms with E-state index >= 15 is 0 Å². The number of H-pyrrole nitrogens is 1. The van der Waals surface area contributed by atoms with Gasteiger partial charge < -0.3 is 36.7 Å². The zero-order valence-electron chi connectivity index (χ0n) is 15.3. The number of hydrogen-bond acceptors (Lipinski definition) is 6. The second-order valence-corrected chi connectivity index (χ2v) is 6.41. The summed E-state index contributed by atoms with van der Waals surface area (Å²) in [6, 6.07) is 3.21. The van der Waals surface area contributed by atoms with Crippen LogP contribution < -0.4 is 16.4 Å². The minimum atomic E-state index is -1.70. The van der Waals surface area contributed by atoms with Crippen LogP contribution in [0.4, 0.5) is 0 Å². The summed E-state index contributed by atoms with van der Waals surface area (Å²) in [6.07, 6.45) is 1.02. The average molecular weight is 406 g/mol. The molecule has 2 aromatic rings. The van der Waals surface area contributed by atoms with Gasteiger partial charge in [-0.2, -0.15) is 0 Å². The molecule has 0 aliphatic rings. The fourth-order valence-electron chi connectivity index (χ4n) is 2.75. The number of carboxylic acid groups (broad SMARTS) is 2. The molecule has 0 saturated carbocycles. The molecule has 0 bridgehead atoms. The van der Waals surface area contributed by atoms with Crippen LogP contribution in [0.25, 0.3) is 10.9 Å².